The lowest BCUT2D eigenvalue weighted by Crippen LogP contribution is -2.22. The van der Waals surface area contributed by atoms with Crippen LogP contribution in [0.3, 0.4) is 0 Å². The van der Waals surface area contributed by atoms with Gasteiger partial charge in [-0.1, -0.05) is 0 Å². The van der Waals surface area contributed by atoms with Crippen molar-refractivity contribution >= 4 is 11.6 Å². The van der Waals surface area contributed by atoms with Gasteiger partial charge in [-0.15, -0.1) is 0 Å². The highest BCUT2D eigenvalue weighted by molar-refractivity contribution is 6.11. The number of benzene rings is 1. The maximum Gasteiger partial charge on any atom is 0.422 e. The van der Waals surface area contributed by atoms with Gasteiger partial charge in [-0.25, -0.2) is 4.39 Å². The van der Waals surface area contributed by atoms with Gasteiger partial charge in [0.2, 0.25) is 0 Å². The van der Waals surface area contributed by atoms with Crippen LogP contribution in [0.25, 0.3) is 11.3 Å². The minimum atomic E-state index is -4.58. The largest absolute Gasteiger partial charge is 0.483 e. The smallest absolute Gasteiger partial charge is 0.422 e. The van der Waals surface area contributed by atoms with Crippen LogP contribution in [0.2, 0.25) is 0 Å². The number of hydrogen-bond acceptors (Lipinski definition) is 4. The highest BCUT2D eigenvalue weighted by Gasteiger charge is 2.34. The van der Waals surface area contributed by atoms with Gasteiger partial charge in [0.25, 0.3) is 5.91 Å². The Morgan fingerprint density at radius 1 is 1.16 bits per heavy atom. The third-order valence-electron chi connectivity index (χ3n) is 5.51. The first-order chi connectivity index (χ1) is 15.3. The molecule has 1 saturated carbocycles. The molecule has 1 aromatic carbocycles. The molecule has 0 radical (unpaired) electrons. The minimum Gasteiger partial charge on any atom is -0.483 e. The highest BCUT2D eigenvalue weighted by atomic mass is 19.4. The molecule has 1 amide bonds. The Morgan fingerprint density at radius 2 is 1.97 bits per heavy atom. The van der Waals surface area contributed by atoms with Gasteiger partial charge in [-0.05, 0) is 37.0 Å². The van der Waals surface area contributed by atoms with Crippen LogP contribution in [0.5, 0.6) is 5.75 Å². The fourth-order valence-electron chi connectivity index (χ4n) is 3.80. The number of hydrogen-bond donors (Lipinski definition) is 0. The van der Waals surface area contributed by atoms with Gasteiger partial charge in [0.05, 0.1) is 24.1 Å². The van der Waals surface area contributed by atoms with Gasteiger partial charge in [0.1, 0.15) is 11.6 Å². The summed E-state index contributed by atoms with van der Waals surface area (Å²) < 4.78 is 58.5. The first kappa shape index (κ1) is 20.5. The molecule has 166 valence electrons. The van der Waals surface area contributed by atoms with Crippen LogP contribution in [-0.4, -0.2) is 33.5 Å². The lowest BCUT2D eigenvalue weighted by atomic mass is 10.0. The highest BCUT2D eigenvalue weighted by Crippen LogP contribution is 2.38. The average molecular weight is 446 g/mol. The Kier molecular flexibility index (Phi) is 4.87. The van der Waals surface area contributed by atoms with Gasteiger partial charge in [-0.3, -0.25) is 14.5 Å². The minimum absolute atomic E-state index is 0.169. The number of amides is 1. The Labute approximate surface area is 180 Å². The van der Waals surface area contributed by atoms with Gasteiger partial charge >= 0.3 is 6.18 Å². The fraction of sp³-hybridized carbons (Fsp3) is 0.318. The van der Waals surface area contributed by atoms with E-state index in [4.69, 9.17) is 4.74 Å². The van der Waals surface area contributed by atoms with Crippen LogP contribution in [0.4, 0.5) is 23.2 Å². The van der Waals surface area contributed by atoms with Crippen molar-refractivity contribution < 1.29 is 27.1 Å². The Morgan fingerprint density at radius 3 is 2.72 bits per heavy atom. The fourth-order valence-corrected chi connectivity index (χ4v) is 3.80. The number of rotatable bonds is 6. The second-order valence-corrected chi connectivity index (χ2v) is 7.99. The summed E-state index contributed by atoms with van der Waals surface area (Å²) in [5, 5.41) is 4.33. The van der Waals surface area contributed by atoms with Crippen molar-refractivity contribution in [1.29, 1.82) is 0 Å². The second-order valence-electron chi connectivity index (χ2n) is 7.99. The number of anilines is 1. The van der Waals surface area contributed by atoms with E-state index in [9.17, 15) is 22.4 Å². The van der Waals surface area contributed by atoms with Gasteiger partial charge in [0, 0.05) is 41.7 Å². The molecule has 3 heterocycles. The van der Waals surface area contributed by atoms with Crippen molar-refractivity contribution in [1.82, 2.24) is 14.8 Å². The average Bonchev–Trinajstić information content (AvgIpc) is 3.33. The molecular weight excluding hydrogens is 428 g/mol. The topological polar surface area (TPSA) is 60.2 Å². The summed E-state index contributed by atoms with van der Waals surface area (Å²) in [5.41, 5.74) is 2.02. The number of carbonyl (C=O) groups is 1. The summed E-state index contributed by atoms with van der Waals surface area (Å²) in [7, 11) is 0. The molecule has 0 saturated heterocycles. The third kappa shape index (κ3) is 4.04. The zero-order chi connectivity index (χ0) is 22.5. The monoisotopic (exact) mass is 446 g/mol. The van der Waals surface area contributed by atoms with E-state index in [1.54, 1.807) is 17.2 Å². The number of halogens is 4. The Bertz CT molecular complexity index is 1190. The molecule has 1 aliphatic carbocycles. The summed E-state index contributed by atoms with van der Waals surface area (Å²) in [4.78, 5) is 18.9. The molecule has 3 aromatic rings. The summed E-state index contributed by atoms with van der Waals surface area (Å²) in [5.74, 6) is -0.654. The normalized spacial score (nSPS) is 15.9. The quantitative estimate of drug-likeness (QED) is 0.520. The number of nitrogens with zero attached hydrogens (tertiary/aromatic N) is 4. The standard InChI is InChI=1S/C22H18F4N4O2/c23-14-3-4-17(19(7-14)32-12-22(24,25)26)20-18-11-30(21(31)16(18)5-6-27-20)15-8-28-29(10-15)9-13-1-2-13/h3-8,10,13H,1-2,9,11-12H2. The van der Waals surface area contributed by atoms with Crippen LogP contribution in [0.1, 0.15) is 28.8 Å². The lowest BCUT2D eigenvalue weighted by molar-refractivity contribution is -0.153. The molecule has 32 heavy (non-hydrogen) atoms. The molecule has 0 spiro atoms. The van der Waals surface area contributed by atoms with E-state index in [1.165, 1.54) is 25.1 Å². The predicted molar refractivity (Wildman–Crippen MR) is 107 cm³/mol. The maximum absolute atomic E-state index is 13.7. The first-order valence-electron chi connectivity index (χ1n) is 10.1. The zero-order valence-corrected chi connectivity index (χ0v) is 16.8. The van der Waals surface area contributed by atoms with Crippen LogP contribution in [0.15, 0.2) is 42.9 Å². The molecule has 6 nitrogen and oxygen atoms in total. The van der Waals surface area contributed by atoms with Crippen molar-refractivity contribution in [2.45, 2.75) is 32.1 Å². The van der Waals surface area contributed by atoms with E-state index >= 15 is 0 Å². The lowest BCUT2D eigenvalue weighted by Gasteiger charge is -2.15. The van der Waals surface area contributed by atoms with Gasteiger partial charge < -0.3 is 9.64 Å². The zero-order valence-electron chi connectivity index (χ0n) is 16.8. The van der Waals surface area contributed by atoms with Gasteiger partial charge in [-0.2, -0.15) is 18.3 Å². The van der Waals surface area contributed by atoms with E-state index in [1.807, 2.05) is 10.9 Å². The predicted octanol–water partition coefficient (Wildman–Crippen LogP) is 4.60. The molecule has 5 rings (SSSR count). The van der Waals surface area contributed by atoms with Crippen LogP contribution in [-0.2, 0) is 13.1 Å². The van der Waals surface area contributed by atoms with E-state index < -0.39 is 18.6 Å². The number of carbonyl (C=O) groups excluding carboxylic acids is 1. The molecule has 2 aromatic heterocycles. The Balaban J connectivity index is 1.47. The molecule has 1 aliphatic heterocycles. The van der Waals surface area contributed by atoms with Crippen molar-refractivity contribution in [3.8, 4) is 17.0 Å². The van der Waals surface area contributed by atoms with Crippen molar-refractivity contribution in [2.24, 2.45) is 5.92 Å². The summed E-state index contributed by atoms with van der Waals surface area (Å²) >= 11 is 0. The molecule has 0 bridgehead atoms. The summed E-state index contributed by atoms with van der Waals surface area (Å²) in [6, 6.07) is 4.88. The second kappa shape index (κ2) is 7.61. The van der Waals surface area contributed by atoms with Crippen LogP contribution < -0.4 is 9.64 Å². The van der Waals surface area contributed by atoms with Gasteiger partial charge in [0.15, 0.2) is 6.61 Å². The van der Waals surface area contributed by atoms with Crippen molar-refractivity contribution in [3.05, 3.63) is 59.8 Å². The van der Waals surface area contributed by atoms with Crippen LogP contribution in [0, 0.1) is 11.7 Å². The van der Waals surface area contributed by atoms with E-state index in [0.29, 0.717) is 22.7 Å². The summed E-state index contributed by atoms with van der Waals surface area (Å²) in [6.07, 6.45) is 2.61. The first-order valence-corrected chi connectivity index (χ1v) is 10.1. The molecule has 2 aliphatic rings. The number of alkyl halides is 3. The van der Waals surface area contributed by atoms with E-state index in [2.05, 4.69) is 10.1 Å². The third-order valence-corrected chi connectivity index (χ3v) is 5.51. The number of pyridine rings is 1. The molecular formula is C22H18F4N4O2. The molecule has 0 unspecified atom stereocenters. The number of aromatic nitrogens is 3. The SMILES string of the molecule is O=C1c2ccnc(-c3ccc(F)cc3OCC(F)(F)F)c2CN1c1cnn(CC2CC2)c1. The molecule has 0 N–H and O–H groups in total. The Hall–Kier alpha value is -3.43. The number of ether oxygens (including phenoxy) is 1. The maximum atomic E-state index is 13.7. The van der Waals surface area contributed by atoms with Crippen molar-refractivity contribution in [3.63, 3.8) is 0 Å². The van der Waals surface area contributed by atoms with Crippen LogP contribution >= 0.6 is 0 Å². The number of fused-ring (bicyclic) bond motifs is 1. The molecule has 0 atom stereocenters. The summed E-state index contributed by atoms with van der Waals surface area (Å²) in [6.45, 7) is -0.594. The molecule has 1 fully saturated rings. The van der Waals surface area contributed by atoms with E-state index in [-0.39, 0.29) is 29.5 Å². The van der Waals surface area contributed by atoms with Crippen molar-refractivity contribution in [2.75, 3.05) is 11.5 Å². The van der Waals surface area contributed by atoms with E-state index in [0.717, 1.165) is 18.7 Å². The molecule has 10 heteroatoms.